The van der Waals surface area contributed by atoms with Crippen molar-refractivity contribution in [2.45, 2.75) is 44.7 Å². The third-order valence-corrected chi connectivity index (χ3v) is 4.21. The first kappa shape index (κ1) is 15.4. The molecule has 0 fully saturated rings. The molecule has 1 aromatic carbocycles. The largest absolute Gasteiger partial charge is 0.497 e. The van der Waals surface area contributed by atoms with Gasteiger partial charge in [0.2, 0.25) is 6.41 Å². The molecule has 0 bridgehead atoms. The van der Waals surface area contributed by atoms with Crippen LogP contribution < -0.4 is 4.74 Å². The predicted octanol–water partition coefficient (Wildman–Crippen LogP) is 2.18. The van der Waals surface area contributed by atoms with E-state index < -0.39 is 11.5 Å². The molecule has 0 heterocycles. The number of nitrogens with zero attached hydrogens (tertiary/aromatic N) is 1. The van der Waals surface area contributed by atoms with Crippen molar-refractivity contribution in [1.29, 1.82) is 0 Å². The summed E-state index contributed by atoms with van der Waals surface area (Å²) in [6.07, 6.45) is 2.62. The Morgan fingerprint density at radius 1 is 1.48 bits per heavy atom. The number of carboxylic acid groups (broad SMARTS) is 1. The molecule has 2 rings (SSSR count). The fourth-order valence-corrected chi connectivity index (χ4v) is 3.21. The number of hydrogen-bond donors (Lipinski definition) is 1. The van der Waals surface area contributed by atoms with Crippen molar-refractivity contribution in [2.24, 2.45) is 0 Å². The van der Waals surface area contributed by atoms with Gasteiger partial charge in [0.15, 0.2) is 5.54 Å². The number of methoxy groups -OCH3 is 1. The molecule has 0 radical (unpaired) electrons. The van der Waals surface area contributed by atoms with Crippen LogP contribution in [0.1, 0.15) is 37.8 Å². The average Bonchev–Trinajstić information content (AvgIpc) is 2.46. The van der Waals surface area contributed by atoms with Crippen LogP contribution in [0.4, 0.5) is 0 Å². The van der Waals surface area contributed by atoms with Crippen LogP contribution in [-0.4, -0.2) is 35.5 Å². The SMILES string of the molecule is COc1ccc2c(c1)C(C(=O)O)(N(C=O)C(C)C)CCC2. The molecule has 5 nitrogen and oxygen atoms in total. The summed E-state index contributed by atoms with van der Waals surface area (Å²) in [5.74, 6) is -0.381. The van der Waals surface area contributed by atoms with E-state index in [1.54, 1.807) is 13.2 Å². The zero-order chi connectivity index (χ0) is 15.6. The maximum Gasteiger partial charge on any atom is 0.334 e. The molecule has 0 spiro atoms. The van der Waals surface area contributed by atoms with Gasteiger partial charge in [-0.05, 0) is 56.4 Å². The molecule has 21 heavy (non-hydrogen) atoms. The lowest BCUT2D eigenvalue weighted by Gasteiger charge is -2.44. The Kier molecular flexibility index (Phi) is 4.21. The fourth-order valence-electron chi connectivity index (χ4n) is 3.21. The van der Waals surface area contributed by atoms with E-state index in [0.29, 0.717) is 24.1 Å². The second-order valence-electron chi connectivity index (χ2n) is 5.65. The van der Waals surface area contributed by atoms with Crippen molar-refractivity contribution in [3.8, 4) is 5.75 Å². The molecule has 0 aromatic heterocycles. The molecule has 5 heteroatoms. The summed E-state index contributed by atoms with van der Waals surface area (Å²) in [6, 6.07) is 5.28. The molecular formula is C16H21NO4. The Bertz CT molecular complexity index is 555. The number of aryl methyl sites for hydroxylation is 1. The smallest absolute Gasteiger partial charge is 0.334 e. The molecule has 0 aliphatic heterocycles. The van der Waals surface area contributed by atoms with Gasteiger partial charge in [0.1, 0.15) is 5.75 Å². The second kappa shape index (κ2) is 5.76. The monoisotopic (exact) mass is 291 g/mol. The highest BCUT2D eigenvalue weighted by Gasteiger charge is 2.49. The van der Waals surface area contributed by atoms with E-state index in [1.807, 2.05) is 26.0 Å². The van der Waals surface area contributed by atoms with Crippen LogP contribution >= 0.6 is 0 Å². The summed E-state index contributed by atoms with van der Waals surface area (Å²) in [6.45, 7) is 3.65. The van der Waals surface area contributed by atoms with Crippen molar-refractivity contribution < 1.29 is 19.4 Å². The average molecular weight is 291 g/mol. The number of hydrogen-bond acceptors (Lipinski definition) is 3. The normalized spacial score (nSPS) is 20.8. The number of ether oxygens (including phenoxy) is 1. The van der Waals surface area contributed by atoms with Crippen molar-refractivity contribution >= 4 is 12.4 Å². The van der Waals surface area contributed by atoms with Crippen LogP contribution in [-0.2, 0) is 21.5 Å². The minimum absolute atomic E-state index is 0.198. The Balaban J connectivity index is 2.69. The first-order valence-electron chi connectivity index (χ1n) is 7.12. The quantitative estimate of drug-likeness (QED) is 0.844. The number of amides is 1. The van der Waals surface area contributed by atoms with Gasteiger partial charge in [-0.3, -0.25) is 4.79 Å². The molecule has 1 aliphatic carbocycles. The molecule has 1 unspecified atom stereocenters. The Labute approximate surface area is 124 Å². The number of fused-ring (bicyclic) bond motifs is 1. The third kappa shape index (κ3) is 2.37. The minimum atomic E-state index is -1.31. The lowest BCUT2D eigenvalue weighted by atomic mass is 9.74. The van der Waals surface area contributed by atoms with Gasteiger partial charge in [0.05, 0.1) is 7.11 Å². The van der Waals surface area contributed by atoms with Gasteiger partial charge in [0, 0.05) is 6.04 Å². The van der Waals surface area contributed by atoms with Crippen molar-refractivity contribution in [2.75, 3.05) is 7.11 Å². The van der Waals surface area contributed by atoms with Crippen LogP contribution in [0.5, 0.6) is 5.75 Å². The van der Waals surface area contributed by atoms with Crippen molar-refractivity contribution in [1.82, 2.24) is 4.90 Å². The fraction of sp³-hybridized carbons (Fsp3) is 0.500. The molecule has 1 aromatic rings. The first-order valence-corrected chi connectivity index (χ1v) is 7.12. The van der Waals surface area contributed by atoms with E-state index in [0.717, 1.165) is 18.4 Å². The Morgan fingerprint density at radius 2 is 2.19 bits per heavy atom. The Morgan fingerprint density at radius 3 is 2.71 bits per heavy atom. The molecule has 0 saturated carbocycles. The van der Waals surface area contributed by atoms with Crippen LogP contribution in [0.25, 0.3) is 0 Å². The van der Waals surface area contributed by atoms with E-state index in [-0.39, 0.29) is 6.04 Å². The molecule has 1 aliphatic rings. The highest BCUT2D eigenvalue weighted by molar-refractivity contribution is 5.84. The highest BCUT2D eigenvalue weighted by Crippen LogP contribution is 2.42. The van der Waals surface area contributed by atoms with Gasteiger partial charge >= 0.3 is 5.97 Å². The summed E-state index contributed by atoms with van der Waals surface area (Å²) >= 11 is 0. The van der Waals surface area contributed by atoms with Gasteiger partial charge in [0.25, 0.3) is 0 Å². The topological polar surface area (TPSA) is 66.8 Å². The van der Waals surface area contributed by atoms with Gasteiger partial charge in [-0.25, -0.2) is 4.79 Å². The van der Waals surface area contributed by atoms with E-state index in [9.17, 15) is 14.7 Å². The van der Waals surface area contributed by atoms with E-state index in [4.69, 9.17) is 4.74 Å². The van der Waals surface area contributed by atoms with Gasteiger partial charge < -0.3 is 14.7 Å². The van der Waals surface area contributed by atoms with Crippen LogP contribution in [0, 0.1) is 0 Å². The summed E-state index contributed by atoms with van der Waals surface area (Å²) in [5, 5.41) is 9.91. The van der Waals surface area contributed by atoms with E-state index in [1.165, 1.54) is 4.90 Å². The highest BCUT2D eigenvalue weighted by atomic mass is 16.5. The van der Waals surface area contributed by atoms with Gasteiger partial charge in [-0.15, -0.1) is 0 Å². The van der Waals surface area contributed by atoms with Gasteiger partial charge in [-0.2, -0.15) is 0 Å². The zero-order valence-corrected chi connectivity index (χ0v) is 12.6. The van der Waals surface area contributed by atoms with E-state index >= 15 is 0 Å². The molecule has 1 atom stereocenters. The summed E-state index contributed by atoms with van der Waals surface area (Å²) in [4.78, 5) is 25.1. The number of carbonyl (C=O) groups is 2. The lowest BCUT2D eigenvalue weighted by Crippen LogP contribution is -2.55. The number of aliphatic carboxylic acids is 1. The van der Waals surface area contributed by atoms with Crippen molar-refractivity contribution in [3.63, 3.8) is 0 Å². The van der Waals surface area contributed by atoms with Crippen LogP contribution in [0.15, 0.2) is 18.2 Å². The standard InChI is InChI=1S/C16H21NO4/c1-11(2)17(10-18)16(15(19)20)8-4-5-12-6-7-13(21-3)9-14(12)16/h6-7,9-11H,4-5,8H2,1-3H3,(H,19,20). The number of rotatable bonds is 5. The number of carboxylic acids is 1. The lowest BCUT2D eigenvalue weighted by molar-refractivity contribution is -0.159. The second-order valence-corrected chi connectivity index (χ2v) is 5.65. The van der Waals surface area contributed by atoms with E-state index in [2.05, 4.69) is 0 Å². The summed E-state index contributed by atoms with van der Waals surface area (Å²) in [7, 11) is 1.55. The molecule has 1 amide bonds. The molecule has 114 valence electrons. The van der Waals surface area contributed by atoms with Gasteiger partial charge in [-0.1, -0.05) is 6.07 Å². The predicted molar refractivity (Wildman–Crippen MR) is 78.3 cm³/mol. The van der Waals surface area contributed by atoms with Crippen molar-refractivity contribution in [3.05, 3.63) is 29.3 Å². The van der Waals surface area contributed by atoms with Crippen LogP contribution in [0.3, 0.4) is 0 Å². The maximum absolute atomic E-state index is 12.1. The number of benzene rings is 1. The Hall–Kier alpha value is -2.04. The van der Waals surface area contributed by atoms with Crippen LogP contribution in [0.2, 0.25) is 0 Å². The number of carbonyl (C=O) groups excluding carboxylic acids is 1. The maximum atomic E-state index is 12.1. The first-order chi connectivity index (χ1) is 9.97. The third-order valence-electron chi connectivity index (χ3n) is 4.21. The minimum Gasteiger partial charge on any atom is -0.497 e. The zero-order valence-electron chi connectivity index (χ0n) is 12.6. The molecule has 1 N–H and O–H groups in total. The molecular weight excluding hydrogens is 270 g/mol. The summed E-state index contributed by atoms with van der Waals surface area (Å²) < 4.78 is 5.23. The molecule has 0 saturated heterocycles. The summed E-state index contributed by atoms with van der Waals surface area (Å²) in [5.41, 5.74) is 0.330.